The van der Waals surface area contributed by atoms with Gasteiger partial charge < -0.3 is 14.8 Å². The Morgan fingerprint density at radius 1 is 1.32 bits per heavy atom. The van der Waals surface area contributed by atoms with Gasteiger partial charge >= 0.3 is 5.97 Å². The number of carbonyl (C=O) groups excluding carboxylic acids is 1. The molecule has 28 heavy (non-hydrogen) atoms. The van der Waals surface area contributed by atoms with Crippen LogP contribution in [0.5, 0.6) is 5.75 Å². The summed E-state index contributed by atoms with van der Waals surface area (Å²) in [5, 5.41) is 2.90. The Balaban J connectivity index is 2.08. The van der Waals surface area contributed by atoms with Gasteiger partial charge in [0.25, 0.3) is 0 Å². The highest BCUT2D eigenvalue weighted by Crippen LogP contribution is 2.47. The first-order valence-electron chi connectivity index (χ1n) is 8.68. The number of esters is 1. The van der Waals surface area contributed by atoms with Gasteiger partial charge in [-0.05, 0) is 36.8 Å². The Labute approximate surface area is 177 Å². The van der Waals surface area contributed by atoms with Crippen LogP contribution in [-0.4, -0.2) is 29.9 Å². The van der Waals surface area contributed by atoms with Crippen molar-refractivity contribution >= 4 is 52.2 Å². The number of benzene rings is 2. The molecule has 0 amide bonds. The highest BCUT2D eigenvalue weighted by molar-refractivity contribution is 8.02. The molecule has 0 aliphatic carbocycles. The molecule has 2 aromatic carbocycles. The summed E-state index contributed by atoms with van der Waals surface area (Å²) in [6.07, 6.45) is 0.0914. The van der Waals surface area contributed by atoms with Crippen molar-refractivity contribution in [3.05, 3.63) is 58.4 Å². The summed E-state index contributed by atoms with van der Waals surface area (Å²) in [5.41, 5.74) is 1.96. The van der Waals surface area contributed by atoms with Gasteiger partial charge in [0.2, 0.25) is 0 Å². The number of methoxy groups -OCH3 is 1. The predicted molar refractivity (Wildman–Crippen MR) is 115 cm³/mol. The van der Waals surface area contributed by atoms with E-state index in [1.165, 1.54) is 18.9 Å². The lowest BCUT2D eigenvalue weighted by atomic mass is 10.0. The van der Waals surface area contributed by atoms with Gasteiger partial charge in [0.05, 0.1) is 35.6 Å². The third-order valence-corrected chi connectivity index (χ3v) is 6.58. The molecule has 0 bridgehead atoms. The summed E-state index contributed by atoms with van der Waals surface area (Å²) in [7, 11) is 1.42. The number of thioether (sulfide) groups is 1. The molecule has 148 valence electrons. The molecule has 1 aliphatic heterocycles. The fourth-order valence-corrected chi connectivity index (χ4v) is 4.97. The molecule has 0 spiro atoms. The van der Waals surface area contributed by atoms with Crippen LogP contribution in [0.15, 0.2) is 36.4 Å². The SMILES string of the molecule is CCOC(=O)CC1S[C@H](c2cccc(OC)c2F)c2cc(Cl)ccc2NC1=S. The topological polar surface area (TPSA) is 47.6 Å². The third-order valence-electron chi connectivity index (χ3n) is 4.30. The number of carbonyl (C=O) groups is 1. The molecular weight excluding hydrogens is 421 g/mol. The number of hydrogen-bond donors (Lipinski definition) is 1. The smallest absolute Gasteiger partial charge is 0.307 e. The average Bonchev–Trinajstić information content (AvgIpc) is 2.79. The molecule has 2 aromatic rings. The molecular formula is C20H19ClFNO3S2. The van der Waals surface area contributed by atoms with Crippen molar-refractivity contribution in [2.75, 3.05) is 19.0 Å². The van der Waals surface area contributed by atoms with E-state index in [0.29, 0.717) is 22.2 Å². The Kier molecular flexibility index (Phi) is 6.80. The fraction of sp³-hybridized carbons (Fsp3) is 0.300. The van der Waals surface area contributed by atoms with Crippen LogP contribution in [0.3, 0.4) is 0 Å². The van der Waals surface area contributed by atoms with Crippen molar-refractivity contribution in [1.29, 1.82) is 0 Å². The van der Waals surface area contributed by atoms with Crippen molar-refractivity contribution < 1.29 is 18.7 Å². The standard InChI is InChI=1S/C20H19ClFNO3S2/c1-3-26-17(24)10-16-20(27)23-14-8-7-11(21)9-13(14)19(28-16)12-5-4-6-15(25-2)18(12)22/h4-9,16,19H,3,10H2,1-2H3,(H,23,27)/t16?,19-/m1/s1. The number of nitrogens with one attached hydrogen (secondary N) is 1. The Bertz CT molecular complexity index is 909. The minimum atomic E-state index is -0.448. The van der Waals surface area contributed by atoms with Gasteiger partial charge in [0.1, 0.15) is 0 Å². The van der Waals surface area contributed by atoms with Gasteiger partial charge in [0.15, 0.2) is 11.6 Å². The molecule has 1 unspecified atom stereocenters. The van der Waals surface area contributed by atoms with Gasteiger partial charge in [-0.2, -0.15) is 0 Å². The number of halogens is 2. The Morgan fingerprint density at radius 2 is 2.11 bits per heavy atom. The van der Waals surface area contributed by atoms with E-state index in [0.717, 1.165) is 11.3 Å². The normalized spacial score (nSPS) is 18.6. The number of ether oxygens (including phenoxy) is 2. The quantitative estimate of drug-likeness (QED) is 0.498. The van der Waals surface area contributed by atoms with Crippen LogP contribution in [0.25, 0.3) is 0 Å². The second-order valence-electron chi connectivity index (χ2n) is 6.10. The van der Waals surface area contributed by atoms with E-state index in [1.54, 1.807) is 37.3 Å². The van der Waals surface area contributed by atoms with Crippen molar-refractivity contribution in [3.8, 4) is 5.75 Å². The Hall–Kier alpha value is -1.83. The molecule has 0 radical (unpaired) electrons. The zero-order valence-corrected chi connectivity index (χ0v) is 17.7. The van der Waals surface area contributed by atoms with Crippen molar-refractivity contribution in [2.45, 2.75) is 23.8 Å². The lowest BCUT2D eigenvalue weighted by Gasteiger charge is -2.22. The molecule has 0 fully saturated rings. The van der Waals surface area contributed by atoms with Crippen LogP contribution in [0, 0.1) is 5.82 Å². The average molecular weight is 440 g/mol. The first-order valence-corrected chi connectivity index (χ1v) is 10.4. The van der Waals surface area contributed by atoms with Crippen molar-refractivity contribution in [2.24, 2.45) is 0 Å². The molecule has 0 saturated heterocycles. The van der Waals surface area contributed by atoms with Crippen LogP contribution in [0.2, 0.25) is 5.02 Å². The lowest BCUT2D eigenvalue weighted by Crippen LogP contribution is -2.25. The van der Waals surface area contributed by atoms with Crippen LogP contribution in [-0.2, 0) is 9.53 Å². The van der Waals surface area contributed by atoms with Gasteiger partial charge in [-0.3, -0.25) is 4.79 Å². The largest absolute Gasteiger partial charge is 0.494 e. The minimum Gasteiger partial charge on any atom is -0.494 e. The molecule has 0 aromatic heterocycles. The van der Waals surface area contributed by atoms with E-state index in [2.05, 4.69) is 5.32 Å². The summed E-state index contributed by atoms with van der Waals surface area (Å²) < 4.78 is 25.3. The molecule has 1 N–H and O–H groups in total. The zero-order valence-electron chi connectivity index (χ0n) is 15.3. The van der Waals surface area contributed by atoms with Gasteiger partial charge in [-0.15, -0.1) is 11.8 Å². The van der Waals surface area contributed by atoms with E-state index in [4.69, 9.17) is 33.3 Å². The van der Waals surface area contributed by atoms with E-state index in [-0.39, 0.29) is 23.4 Å². The number of hydrogen-bond acceptors (Lipinski definition) is 5. The predicted octanol–water partition coefficient (Wildman–Crippen LogP) is 5.39. The van der Waals surface area contributed by atoms with Crippen molar-refractivity contribution in [1.82, 2.24) is 0 Å². The second-order valence-corrected chi connectivity index (χ2v) is 8.29. The molecule has 0 saturated carbocycles. The summed E-state index contributed by atoms with van der Waals surface area (Å²) in [6, 6.07) is 10.3. The molecule has 2 atom stereocenters. The van der Waals surface area contributed by atoms with E-state index in [1.807, 2.05) is 6.07 Å². The van der Waals surface area contributed by atoms with Crippen molar-refractivity contribution in [3.63, 3.8) is 0 Å². The van der Waals surface area contributed by atoms with Crippen LogP contribution >= 0.6 is 35.6 Å². The van der Waals surface area contributed by atoms with E-state index >= 15 is 4.39 Å². The van der Waals surface area contributed by atoms with Crippen LogP contribution in [0.4, 0.5) is 10.1 Å². The highest BCUT2D eigenvalue weighted by Gasteiger charge is 2.33. The lowest BCUT2D eigenvalue weighted by molar-refractivity contribution is -0.142. The molecule has 3 rings (SSSR count). The summed E-state index contributed by atoms with van der Waals surface area (Å²) >= 11 is 13.1. The van der Waals surface area contributed by atoms with E-state index < -0.39 is 11.1 Å². The van der Waals surface area contributed by atoms with Crippen LogP contribution in [0.1, 0.15) is 29.7 Å². The van der Waals surface area contributed by atoms with Crippen LogP contribution < -0.4 is 10.1 Å². The maximum atomic E-state index is 15.1. The molecule has 4 nitrogen and oxygen atoms in total. The number of anilines is 1. The number of rotatable bonds is 5. The monoisotopic (exact) mass is 439 g/mol. The molecule has 8 heteroatoms. The molecule has 1 heterocycles. The van der Waals surface area contributed by atoms with E-state index in [9.17, 15) is 4.79 Å². The maximum absolute atomic E-state index is 15.1. The first kappa shape index (κ1) is 20.9. The summed E-state index contributed by atoms with van der Waals surface area (Å²) in [5.74, 6) is -0.641. The fourth-order valence-electron chi connectivity index (χ4n) is 3.02. The highest BCUT2D eigenvalue weighted by atomic mass is 35.5. The number of fused-ring (bicyclic) bond motifs is 1. The zero-order chi connectivity index (χ0) is 20.3. The third kappa shape index (κ3) is 4.42. The maximum Gasteiger partial charge on any atom is 0.307 e. The first-order chi connectivity index (χ1) is 13.4. The number of thiocarbonyl (C=S) groups is 1. The summed E-state index contributed by atoms with van der Waals surface area (Å²) in [6.45, 7) is 2.04. The van der Waals surface area contributed by atoms with Gasteiger partial charge in [-0.25, -0.2) is 4.39 Å². The van der Waals surface area contributed by atoms with Gasteiger partial charge in [-0.1, -0.05) is 36.0 Å². The van der Waals surface area contributed by atoms with Gasteiger partial charge in [0, 0.05) is 16.3 Å². The minimum absolute atomic E-state index is 0.0914. The second kappa shape index (κ2) is 9.11. The Morgan fingerprint density at radius 3 is 2.82 bits per heavy atom. The summed E-state index contributed by atoms with van der Waals surface area (Å²) in [4.78, 5) is 12.6. The molecule has 1 aliphatic rings.